The molecule has 1 aliphatic rings. The second-order valence-electron chi connectivity index (χ2n) is 5.48. The fourth-order valence-electron chi connectivity index (χ4n) is 2.62. The van der Waals surface area contributed by atoms with Crippen molar-refractivity contribution in [1.82, 2.24) is 0 Å². The molecular weight excluding hydrogens is 254 g/mol. The van der Waals surface area contributed by atoms with Crippen LogP contribution in [0.15, 0.2) is 30.3 Å². The molecule has 2 rings (SSSR count). The van der Waals surface area contributed by atoms with Crippen molar-refractivity contribution in [3.05, 3.63) is 30.3 Å². The van der Waals surface area contributed by atoms with Gasteiger partial charge in [0, 0.05) is 0 Å². The van der Waals surface area contributed by atoms with E-state index in [9.17, 15) is 4.79 Å². The molecule has 4 heteroatoms. The van der Waals surface area contributed by atoms with Crippen LogP contribution in [0.3, 0.4) is 0 Å². The number of hydrogen-bond acceptors (Lipinski definition) is 4. The Hall–Kier alpha value is -1.55. The summed E-state index contributed by atoms with van der Waals surface area (Å²) in [6.45, 7) is 2.61. The number of rotatable bonds is 5. The van der Waals surface area contributed by atoms with Crippen LogP contribution in [0, 0.1) is 5.92 Å². The number of carbonyl (C=O) groups excluding carboxylic acids is 1. The maximum Gasteiger partial charge on any atom is 0.326 e. The van der Waals surface area contributed by atoms with Gasteiger partial charge in [-0.25, -0.2) is 0 Å². The summed E-state index contributed by atoms with van der Waals surface area (Å²) in [5.41, 5.74) is 5.41. The maximum atomic E-state index is 12.1. The molecule has 0 amide bonds. The van der Waals surface area contributed by atoms with Gasteiger partial charge in [-0.15, -0.1) is 0 Å². The van der Waals surface area contributed by atoms with Crippen LogP contribution >= 0.6 is 0 Å². The topological polar surface area (TPSA) is 61.6 Å². The Morgan fingerprint density at radius 3 is 2.75 bits per heavy atom. The molecule has 0 aliphatic heterocycles. The van der Waals surface area contributed by atoms with Crippen molar-refractivity contribution in [3.63, 3.8) is 0 Å². The third-order valence-electron chi connectivity index (χ3n) is 4.07. The summed E-state index contributed by atoms with van der Waals surface area (Å²) in [5, 5.41) is 0. The molecule has 0 radical (unpaired) electrons. The summed E-state index contributed by atoms with van der Waals surface area (Å²) in [6.07, 6.45) is 3.85. The van der Waals surface area contributed by atoms with Crippen LogP contribution in [0.4, 0.5) is 0 Å². The minimum atomic E-state index is -0.814. The maximum absolute atomic E-state index is 12.1. The van der Waals surface area contributed by atoms with Gasteiger partial charge in [-0.05, 0) is 30.9 Å². The second-order valence-corrected chi connectivity index (χ2v) is 5.48. The van der Waals surface area contributed by atoms with Crippen LogP contribution in [0.2, 0.25) is 0 Å². The van der Waals surface area contributed by atoms with Crippen molar-refractivity contribution in [2.45, 2.75) is 38.1 Å². The molecule has 2 N–H and O–H groups in total. The second kappa shape index (κ2) is 6.75. The van der Waals surface area contributed by atoms with Crippen molar-refractivity contribution in [2.24, 2.45) is 11.7 Å². The van der Waals surface area contributed by atoms with Crippen molar-refractivity contribution in [1.29, 1.82) is 0 Å². The van der Waals surface area contributed by atoms with Gasteiger partial charge in [0.1, 0.15) is 24.5 Å². The van der Waals surface area contributed by atoms with Crippen LogP contribution in [0.25, 0.3) is 0 Å². The first kappa shape index (κ1) is 14.9. The van der Waals surface area contributed by atoms with Crippen LogP contribution < -0.4 is 10.5 Å². The van der Waals surface area contributed by atoms with Gasteiger partial charge in [-0.3, -0.25) is 4.79 Å². The molecule has 0 bridgehead atoms. The van der Waals surface area contributed by atoms with E-state index in [2.05, 4.69) is 0 Å². The van der Waals surface area contributed by atoms with E-state index in [1.54, 1.807) is 0 Å². The predicted octanol–water partition coefficient (Wildman–Crippen LogP) is 2.52. The Morgan fingerprint density at radius 1 is 1.30 bits per heavy atom. The normalized spacial score (nSPS) is 26.0. The number of hydrogen-bond donors (Lipinski definition) is 1. The number of benzene rings is 1. The van der Waals surface area contributed by atoms with Crippen LogP contribution in [-0.4, -0.2) is 24.7 Å². The summed E-state index contributed by atoms with van der Waals surface area (Å²) < 4.78 is 10.8. The van der Waals surface area contributed by atoms with E-state index in [-0.39, 0.29) is 18.5 Å². The third-order valence-corrected chi connectivity index (χ3v) is 4.07. The lowest BCUT2D eigenvalue weighted by Crippen LogP contribution is -2.55. The van der Waals surface area contributed by atoms with E-state index >= 15 is 0 Å². The average Bonchev–Trinajstić information content (AvgIpc) is 2.47. The quantitative estimate of drug-likeness (QED) is 0.663. The van der Waals surface area contributed by atoms with E-state index in [4.69, 9.17) is 15.2 Å². The van der Waals surface area contributed by atoms with Gasteiger partial charge >= 0.3 is 5.97 Å². The summed E-state index contributed by atoms with van der Waals surface area (Å²) in [5.74, 6) is 0.664. The fraction of sp³-hybridized carbons (Fsp3) is 0.562. The summed E-state index contributed by atoms with van der Waals surface area (Å²) in [4.78, 5) is 12.1. The molecule has 1 saturated carbocycles. The lowest BCUT2D eigenvalue weighted by molar-refractivity contribution is -0.154. The molecule has 1 fully saturated rings. The summed E-state index contributed by atoms with van der Waals surface area (Å²) in [6, 6.07) is 9.47. The number of ether oxygens (including phenoxy) is 2. The number of carbonyl (C=O) groups is 1. The minimum Gasteiger partial charge on any atom is -0.490 e. The largest absolute Gasteiger partial charge is 0.490 e. The molecule has 110 valence electrons. The average molecular weight is 277 g/mol. The van der Waals surface area contributed by atoms with E-state index in [1.165, 1.54) is 0 Å². The molecular formula is C16H23NO3. The van der Waals surface area contributed by atoms with Gasteiger partial charge in [0.05, 0.1) is 0 Å². The Labute approximate surface area is 120 Å². The molecule has 0 aromatic heterocycles. The molecule has 1 aromatic carbocycles. The third kappa shape index (κ3) is 3.51. The van der Waals surface area contributed by atoms with Crippen molar-refractivity contribution in [3.8, 4) is 5.75 Å². The summed E-state index contributed by atoms with van der Waals surface area (Å²) >= 11 is 0. The van der Waals surface area contributed by atoms with Crippen molar-refractivity contribution < 1.29 is 14.3 Å². The fourth-order valence-corrected chi connectivity index (χ4v) is 2.62. The smallest absolute Gasteiger partial charge is 0.326 e. The first-order valence-corrected chi connectivity index (χ1v) is 7.27. The van der Waals surface area contributed by atoms with Crippen LogP contribution in [-0.2, 0) is 9.53 Å². The van der Waals surface area contributed by atoms with E-state index in [0.29, 0.717) is 13.0 Å². The zero-order valence-electron chi connectivity index (χ0n) is 12.0. The lowest BCUT2D eigenvalue weighted by atomic mass is 9.74. The molecule has 2 unspecified atom stereocenters. The van der Waals surface area contributed by atoms with Gasteiger partial charge in [0.2, 0.25) is 0 Å². The van der Waals surface area contributed by atoms with E-state index < -0.39 is 5.54 Å². The molecule has 4 nitrogen and oxygen atoms in total. The Bertz CT molecular complexity index is 435. The van der Waals surface area contributed by atoms with Gasteiger partial charge in [-0.1, -0.05) is 38.0 Å². The van der Waals surface area contributed by atoms with Crippen molar-refractivity contribution in [2.75, 3.05) is 13.2 Å². The van der Waals surface area contributed by atoms with Crippen molar-refractivity contribution >= 4 is 5.97 Å². The Balaban J connectivity index is 1.75. The molecule has 0 heterocycles. The van der Waals surface area contributed by atoms with E-state index in [0.717, 1.165) is 25.0 Å². The SMILES string of the molecule is CC1CCCCC1(N)C(=O)OCCOc1ccccc1. The molecule has 2 atom stereocenters. The van der Waals surface area contributed by atoms with Gasteiger partial charge in [0.15, 0.2) is 0 Å². The number of para-hydroxylation sites is 1. The highest BCUT2D eigenvalue weighted by molar-refractivity contribution is 5.81. The molecule has 0 saturated heterocycles. The standard InChI is InChI=1S/C16H23NO3/c1-13-7-5-6-10-16(13,17)15(18)20-12-11-19-14-8-3-2-4-9-14/h2-4,8-9,13H,5-7,10-12,17H2,1H3. The minimum absolute atomic E-state index is 0.179. The Morgan fingerprint density at radius 2 is 2.05 bits per heavy atom. The zero-order valence-corrected chi connectivity index (χ0v) is 12.0. The monoisotopic (exact) mass is 277 g/mol. The molecule has 1 aliphatic carbocycles. The highest BCUT2D eigenvalue weighted by Crippen LogP contribution is 2.32. The first-order chi connectivity index (χ1) is 9.63. The van der Waals surface area contributed by atoms with Gasteiger partial charge in [-0.2, -0.15) is 0 Å². The highest BCUT2D eigenvalue weighted by atomic mass is 16.6. The predicted molar refractivity (Wildman–Crippen MR) is 77.4 cm³/mol. The summed E-state index contributed by atoms with van der Waals surface area (Å²) in [7, 11) is 0. The lowest BCUT2D eigenvalue weighted by Gasteiger charge is -2.36. The number of esters is 1. The zero-order chi connectivity index (χ0) is 14.4. The van der Waals surface area contributed by atoms with Crippen LogP contribution in [0.5, 0.6) is 5.75 Å². The van der Waals surface area contributed by atoms with E-state index in [1.807, 2.05) is 37.3 Å². The molecule has 0 spiro atoms. The first-order valence-electron chi connectivity index (χ1n) is 7.27. The number of nitrogens with two attached hydrogens (primary N) is 1. The highest BCUT2D eigenvalue weighted by Gasteiger charge is 2.42. The molecule has 20 heavy (non-hydrogen) atoms. The van der Waals surface area contributed by atoms with Gasteiger partial charge < -0.3 is 15.2 Å². The Kier molecular flexibility index (Phi) is 5.01. The van der Waals surface area contributed by atoms with Crippen LogP contribution in [0.1, 0.15) is 32.6 Å². The molecule has 1 aromatic rings. The van der Waals surface area contributed by atoms with Gasteiger partial charge in [0.25, 0.3) is 0 Å².